The molecule has 5 rings (SSSR count). The number of hydrogen-bond acceptors (Lipinski definition) is 8. The molecule has 4 heterocycles. The smallest absolute Gasteiger partial charge is 0.274 e. The molecule has 3 atom stereocenters. The first-order chi connectivity index (χ1) is 20.0. The van der Waals surface area contributed by atoms with Gasteiger partial charge in [-0.1, -0.05) is 0 Å². The van der Waals surface area contributed by atoms with Gasteiger partial charge >= 0.3 is 0 Å². The number of carbonyl (C=O) groups is 1. The molecule has 2 aliphatic heterocycles. The first-order valence-corrected chi connectivity index (χ1v) is 13.8. The van der Waals surface area contributed by atoms with Gasteiger partial charge in [-0.25, -0.2) is 32.5 Å². The van der Waals surface area contributed by atoms with Crippen LogP contribution in [0, 0.1) is 11.6 Å². The van der Waals surface area contributed by atoms with Gasteiger partial charge in [-0.2, -0.15) is 0 Å². The highest BCUT2D eigenvalue weighted by Gasteiger charge is 2.30. The summed E-state index contributed by atoms with van der Waals surface area (Å²) in [4.78, 5) is 32.0. The number of amides is 1. The number of likely N-dealkylation sites (N-methyl/N-ethyl adjacent to an activating group) is 1. The van der Waals surface area contributed by atoms with Gasteiger partial charge < -0.3 is 19.9 Å². The summed E-state index contributed by atoms with van der Waals surface area (Å²) in [6.07, 6.45) is -0.907. The second-order valence-corrected chi connectivity index (χ2v) is 10.8. The number of ether oxygens (including phenoxy) is 1. The topological polar surface area (TPSA) is 86.7 Å². The van der Waals surface area contributed by atoms with Crippen molar-refractivity contribution in [3.8, 4) is 11.3 Å². The number of rotatable bonds is 6. The molecule has 42 heavy (non-hydrogen) atoms. The molecule has 9 nitrogen and oxygen atoms in total. The lowest BCUT2D eigenvalue weighted by molar-refractivity contribution is 0.0526. The normalized spacial score (nSPS) is 21.6. The summed E-state index contributed by atoms with van der Waals surface area (Å²) in [5.74, 6) is -2.11. The minimum absolute atomic E-state index is 0.0181. The molecule has 2 aromatic heterocycles. The highest BCUT2D eigenvalue weighted by atomic mass is 19.3. The van der Waals surface area contributed by atoms with Gasteiger partial charge in [0.1, 0.15) is 17.3 Å². The average molecular weight is 588 g/mol. The lowest BCUT2D eigenvalue weighted by atomic mass is 10.0. The zero-order valence-electron chi connectivity index (χ0n) is 23.8. The molecule has 1 aromatic carbocycles. The minimum atomic E-state index is -3.13. The number of alkyl halides is 2. The van der Waals surface area contributed by atoms with Gasteiger partial charge in [-0.05, 0) is 52.1 Å². The van der Waals surface area contributed by atoms with E-state index in [1.165, 1.54) is 18.3 Å². The third-order valence-electron chi connectivity index (χ3n) is 7.81. The van der Waals surface area contributed by atoms with Gasteiger partial charge in [0.25, 0.3) is 12.3 Å². The largest absolute Gasteiger partial charge is 0.375 e. The van der Waals surface area contributed by atoms with Crippen LogP contribution < -0.4 is 15.1 Å². The number of carbonyl (C=O) groups excluding carboxylic acids is 1. The summed E-state index contributed by atoms with van der Waals surface area (Å²) in [6.45, 7) is 8.75. The van der Waals surface area contributed by atoms with Crippen molar-refractivity contribution in [2.24, 2.45) is 0 Å². The van der Waals surface area contributed by atoms with Gasteiger partial charge in [-0.3, -0.25) is 9.69 Å². The van der Waals surface area contributed by atoms with Crippen LogP contribution in [0.3, 0.4) is 0 Å². The number of aromatic nitrogens is 3. The van der Waals surface area contributed by atoms with Crippen molar-refractivity contribution < 1.29 is 27.1 Å². The molecule has 0 unspecified atom stereocenters. The Hall–Kier alpha value is -3.84. The van der Waals surface area contributed by atoms with Crippen LogP contribution in [0.4, 0.5) is 34.9 Å². The number of nitrogens with zero attached hydrogens (tertiary/aromatic N) is 6. The van der Waals surface area contributed by atoms with Gasteiger partial charge in [0.05, 0.1) is 41.5 Å². The maximum atomic E-state index is 15.9. The zero-order chi connectivity index (χ0) is 30.1. The van der Waals surface area contributed by atoms with Gasteiger partial charge in [0.2, 0.25) is 5.95 Å². The van der Waals surface area contributed by atoms with E-state index in [1.807, 2.05) is 37.6 Å². The molecule has 0 bridgehead atoms. The lowest BCUT2D eigenvalue weighted by Gasteiger charge is -2.44. The van der Waals surface area contributed by atoms with E-state index in [2.05, 4.69) is 25.2 Å². The van der Waals surface area contributed by atoms with Crippen molar-refractivity contribution in [2.45, 2.75) is 45.4 Å². The van der Waals surface area contributed by atoms with E-state index < -0.39 is 35.2 Å². The van der Waals surface area contributed by atoms with Crippen molar-refractivity contribution >= 4 is 23.2 Å². The van der Waals surface area contributed by atoms with Crippen LogP contribution in [0.2, 0.25) is 0 Å². The van der Waals surface area contributed by atoms with E-state index in [0.29, 0.717) is 56.7 Å². The molecule has 2 fully saturated rings. The number of morpholine rings is 1. The lowest BCUT2D eigenvalue weighted by Crippen LogP contribution is -2.55. The predicted octanol–water partition coefficient (Wildman–Crippen LogP) is 4.76. The second-order valence-electron chi connectivity index (χ2n) is 10.8. The quantitative estimate of drug-likeness (QED) is 0.414. The number of piperazine rings is 1. The molecule has 0 aliphatic carbocycles. The van der Waals surface area contributed by atoms with E-state index in [9.17, 15) is 18.0 Å². The third kappa shape index (κ3) is 6.16. The standard InChI is InChI=1S/C29H33F4N7O2/c1-16-13-40(14-17(2)38(16)4)25-11-22(31)20(23-5-6-34-29(37-23)39-7-8-42-18(3)15-39)10-24(25)36-28(41)26-21(27(32)33)9-19(30)12-35-26/h5-6,9-12,16-18,27H,7-8,13-15H2,1-4H3,(H,36,41)/t16-,17+,18-/m1/s1. The second kappa shape index (κ2) is 12.2. The number of anilines is 3. The van der Waals surface area contributed by atoms with Crippen LogP contribution in [-0.2, 0) is 4.74 Å². The van der Waals surface area contributed by atoms with Crippen LogP contribution in [0.1, 0.15) is 43.2 Å². The number of hydrogen-bond donors (Lipinski definition) is 1. The number of nitrogens with one attached hydrogen (secondary N) is 1. The summed E-state index contributed by atoms with van der Waals surface area (Å²) in [7, 11) is 2.01. The molecular weight excluding hydrogens is 554 g/mol. The molecular formula is C29H33F4N7O2. The first kappa shape index (κ1) is 29.6. The summed E-state index contributed by atoms with van der Waals surface area (Å²) < 4.78 is 62.5. The number of benzene rings is 1. The minimum Gasteiger partial charge on any atom is -0.375 e. The number of halogens is 4. The van der Waals surface area contributed by atoms with Crippen molar-refractivity contribution in [3.63, 3.8) is 0 Å². The Bertz CT molecular complexity index is 1450. The summed E-state index contributed by atoms with van der Waals surface area (Å²) >= 11 is 0. The number of pyridine rings is 1. The van der Waals surface area contributed by atoms with E-state index >= 15 is 4.39 Å². The van der Waals surface area contributed by atoms with Crippen LogP contribution in [0.5, 0.6) is 0 Å². The average Bonchev–Trinajstić information content (AvgIpc) is 2.96. The predicted molar refractivity (Wildman–Crippen MR) is 151 cm³/mol. The van der Waals surface area contributed by atoms with Crippen molar-refractivity contribution in [2.75, 3.05) is 55.0 Å². The van der Waals surface area contributed by atoms with Crippen LogP contribution in [0.15, 0.2) is 36.7 Å². The fourth-order valence-electron chi connectivity index (χ4n) is 5.37. The third-order valence-corrected chi connectivity index (χ3v) is 7.81. The SMILES string of the molecule is C[C@@H]1CN(c2nccc(-c3cc(NC(=O)c4ncc(F)cc4C(F)F)c(N4C[C@@H](C)N(C)[C@@H](C)C4)cc3F)n2)CCO1. The molecule has 0 radical (unpaired) electrons. The van der Waals surface area contributed by atoms with Crippen molar-refractivity contribution in [1.29, 1.82) is 0 Å². The van der Waals surface area contributed by atoms with Gasteiger partial charge in [0, 0.05) is 50.0 Å². The molecule has 2 aliphatic rings. The highest BCUT2D eigenvalue weighted by molar-refractivity contribution is 6.06. The maximum absolute atomic E-state index is 15.9. The van der Waals surface area contributed by atoms with Crippen LogP contribution in [-0.4, -0.2) is 83.8 Å². The van der Waals surface area contributed by atoms with Crippen molar-refractivity contribution in [1.82, 2.24) is 19.9 Å². The van der Waals surface area contributed by atoms with E-state index in [-0.39, 0.29) is 35.1 Å². The van der Waals surface area contributed by atoms with E-state index in [4.69, 9.17) is 4.74 Å². The van der Waals surface area contributed by atoms with Crippen LogP contribution >= 0.6 is 0 Å². The molecule has 224 valence electrons. The highest BCUT2D eigenvalue weighted by Crippen LogP contribution is 2.36. The Morgan fingerprint density at radius 2 is 1.79 bits per heavy atom. The summed E-state index contributed by atoms with van der Waals surface area (Å²) in [5.41, 5.74) is -0.505. The Morgan fingerprint density at radius 1 is 1.05 bits per heavy atom. The van der Waals surface area contributed by atoms with Crippen LogP contribution in [0.25, 0.3) is 11.3 Å². The molecule has 13 heteroatoms. The Kier molecular flexibility index (Phi) is 8.60. The Balaban J connectivity index is 1.56. The summed E-state index contributed by atoms with van der Waals surface area (Å²) in [5, 5.41) is 2.65. The zero-order valence-corrected chi connectivity index (χ0v) is 23.8. The Labute approximate surface area is 241 Å². The Morgan fingerprint density at radius 3 is 2.48 bits per heavy atom. The van der Waals surface area contributed by atoms with Crippen molar-refractivity contribution in [3.05, 3.63) is 59.6 Å². The molecule has 1 amide bonds. The first-order valence-electron chi connectivity index (χ1n) is 13.8. The monoisotopic (exact) mass is 587 g/mol. The molecule has 2 saturated heterocycles. The summed E-state index contributed by atoms with van der Waals surface area (Å²) in [6, 6.07) is 5.14. The van der Waals surface area contributed by atoms with Gasteiger partial charge in [0.15, 0.2) is 0 Å². The molecule has 3 aromatic rings. The maximum Gasteiger partial charge on any atom is 0.274 e. The van der Waals surface area contributed by atoms with E-state index in [0.717, 1.165) is 0 Å². The molecule has 1 N–H and O–H groups in total. The van der Waals surface area contributed by atoms with E-state index in [1.54, 1.807) is 6.07 Å². The molecule has 0 spiro atoms. The molecule has 0 saturated carbocycles. The fourth-order valence-corrected chi connectivity index (χ4v) is 5.37. The fraction of sp³-hybridized carbons (Fsp3) is 0.448. The van der Waals surface area contributed by atoms with Gasteiger partial charge in [-0.15, -0.1) is 0 Å².